The molecule has 1 aliphatic rings. The lowest BCUT2D eigenvalue weighted by Gasteiger charge is -2.28. The monoisotopic (exact) mass is 377 g/mol. The largest absolute Gasteiger partial charge is 0.497 e. The van der Waals surface area contributed by atoms with Crippen LogP contribution in [-0.4, -0.2) is 43.9 Å². The first kappa shape index (κ1) is 18.4. The van der Waals surface area contributed by atoms with Crippen molar-refractivity contribution in [1.29, 1.82) is 0 Å². The van der Waals surface area contributed by atoms with Crippen molar-refractivity contribution in [3.63, 3.8) is 0 Å². The molecular formula is C19H20FNO4S. The van der Waals surface area contributed by atoms with Crippen molar-refractivity contribution >= 4 is 15.7 Å². The van der Waals surface area contributed by atoms with Crippen LogP contribution in [0.15, 0.2) is 48.5 Å². The van der Waals surface area contributed by atoms with Gasteiger partial charge in [-0.15, -0.1) is 0 Å². The predicted molar refractivity (Wildman–Crippen MR) is 96.3 cm³/mol. The quantitative estimate of drug-likeness (QED) is 0.804. The molecule has 138 valence electrons. The first-order valence-electron chi connectivity index (χ1n) is 8.28. The van der Waals surface area contributed by atoms with Crippen molar-refractivity contribution in [2.24, 2.45) is 0 Å². The summed E-state index contributed by atoms with van der Waals surface area (Å²) in [5.41, 5.74) is 1.06. The SMILES string of the molecule is COc1ccc(C(=O)N(Cc2cccc(F)c2)[C@@H]2CCS(=O)(=O)C2)cc1. The van der Waals surface area contributed by atoms with E-state index in [-0.39, 0.29) is 24.0 Å². The molecule has 2 aromatic carbocycles. The number of nitrogens with zero attached hydrogens (tertiary/aromatic N) is 1. The second kappa shape index (κ2) is 7.45. The van der Waals surface area contributed by atoms with Crippen LogP contribution >= 0.6 is 0 Å². The topological polar surface area (TPSA) is 63.7 Å². The minimum Gasteiger partial charge on any atom is -0.497 e. The molecule has 0 N–H and O–H groups in total. The van der Waals surface area contributed by atoms with Crippen LogP contribution in [0.25, 0.3) is 0 Å². The molecule has 0 aliphatic carbocycles. The Labute approximate surface area is 152 Å². The van der Waals surface area contributed by atoms with Gasteiger partial charge in [0.1, 0.15) is 11.6 Å². The second-order valence-corrected chi connectivity index (χ2v) is 8.58. The van der Waals surface area contributed by atoms with Crippen molar-refractivity contribution in [3.8, 4) is 5.75 Å². The van der Waals surface area contributed by atoms with Crippen LogP contribution in [0.3, 0.4) is 0 Å². The fourth-order valence-electron chi connectivity index (χ4n) is 3.12. The Kier molecular flexibility index (Phi) is 5.27. The number of ether oxygens (including phenoxy) is 1. The maximum atomic E-state index is 13.5. The fourth-order valence-corrected chi connectivity index (χ4v) is 4.85. The van der Waals surface area contributed by atoms with Gasteiger partial charge >= 0.3 is 0 Å². The maximum Gasteiger partial charge on any atom is 0.254 e. The molecule has 5 nitrogen and oxygen atoms in total. The first-order valence-corrected chi connectivity index (χ1v) is 10.1. The molecule has 3 rings (SSSR count). The number of amides is 1. The third-order valence-electron chi connectivity index (χ3n) is 4.49. The van der Waals surface area contributed by atoms with Gasteiger partial charge in [-0.1, -0.05) is 12.1 Å². The van der Waals surface area contributed by atoms with Crippen LogP contribution in [0.2, 0.25) is 0 Å². The number of carbonyl (C=O) groups is 1. The summed E-state index contributed by atoms with van der Waals surface area (Å²) < 4.78 is 42.4. The van der Waals surface area contributed by atoms with Crippen LogP contribution in [0, 0.1) is 5.82 Å². The van der Waals surface area contributed by atoms with Gasteiger partial charge < -0.3 is 9.64 Å². The van der Waals surface area contributed by atoms with Crippen molar-refractivity contribution in [2.75, 3.05) is 18.6 Å². The highest BCUT2D eigenvalue weighted by Crippen LogP contribution is 2.23. The molecule has 1 fully saturated rings. The highest BCUT2D eigenvalue weighted by molar-refractivity contribution is 7.91. The van der Waals surface area contributed by atoms with E-state index < -0.39 is 21.7 Å². The van der Waals surface area contributed by atoms with E-state index in [0.717, 1.165) is 0 Å². The van der Waals surface area contributed by atoms with E-state index in [2.05, 4.69) is 0 Å². The summed E-state index contributed by atoms with van der Waals surface area (Å²) in [7, 11) is -1.62. The number of carbonyl (C=O) groups excluding carboxylic acids is 1. The number of hydrogen-bond donors (Lipinski definition) is 0. The van der Waals surface area contributed by atoms with Crippen LogP contribution in [0.4, 0.5) is 4.39 Å². The Morgan fingerprint density at radius 1 is 1.23 bits per heavy atom. The van der Waals surface area contributed by atoms with Crippen LogP contribution < -0.4 is 4.74 Å². The molecule has 0 bridgehead atoms. The number of rotatable bonds is 5. The van der Waals surface area contributed by atoms with Crippen molar-refractivity contribution in [3.05, 3.63) is 65.5 Å². The highest BCUT2D eigenvalue weighted by atomic mass is 32.2. The van der Waals surface area contributed by atoms with E-state index in [1.165, 1.54) is 24.1 Å². The van der Waals surface area contributed by atoms with Gasteiger partial charge in [-0.25, -0.2) is 12.8 Å². The summed E-state index contributed by atoms with van der Waals surface area (Å²) in [6.07, 6.45) is 0.388. The molecule has 1 saturated heterocycles. The van der Waals surface area contributed by atoms with Gasteiger partial charge in [-0.05, 0) is 48.4 Å². The fraction of sp³-hybridized carbons (Fsp3) is 0.316. The van der Waals surface area contributed by atoms with E-state index in [0.29, 0.717) is 23.3 Å². The predicted octanol–water partition coefficient (Wildman–Crippen LogP) is 2.66. The molecule has 0 aromatic heterocycles. The molecule has 1 aliphatic heterocycles. The lowest BCUT2D eigenvalue weighted by molar-refractivity contribution is 0.0680. The zero-order chi connectivity index (χ0) is 18.7. The molecule has 0 saturated carbocycles. The highest BCUT2D eigenvalue weighted by Gasteiger charge is 2.35. The smallest absolute Gasteiger partial charge is 0.254 e. The Hall–Kier alpha value is -2.41. The second-order valence-electron chi connectivity index (χ2n) is 6.35. The van der Waals surface area contributed by atoms with E-state index in [4.69, 9.17) is 4.74 Å². The third kappa shape index (κ3) is 4.22. The van der Waals surface area contributed by atoms with Gasteiger partial charge in [0, 0.05) is 18.2 Å². The summed E-state index contributed by atoms with van der Waals surface area (Å²) >= 11 is 0. The molecule has 1 heterocycles. The van der Waals surface area contributed by atoms with Crippen molar-refractivity contribution < 1.29 is 22.3 Å². The van der Waals surface area contributed by atoms with Crippen LogP contribution in [0.5, 0.6) is 5.75 Å². The van der Waals surface area contributed by atoms with E-state index in [9.17, 15) is 17.6 Å². The Morgan fingerprint density at radius 3 is 2.54 bits per heavy atom. The minimum atomic E-state index is -3.16. The van der Waals surface area contributed by atoms with Gasteiger partial charge in [0.2, 0.25) is 0 Å². The third-order valence-corrected chi connectivity index (χ3v) is 6.24. The summed E-state index contributed by atoms with van der Waals surface area (Å²) in [6.45, 7) is 0.156. The summed E-state index contributed by atoms with van der Waals surface area (Å²) in [5.74, 6) is -0.0451. The van der Waals surface area contributed by atoms with E-state index in [1.807, 2.05) is 0 Å². The van der Waals surface area contributed by atoms with Gasteiger partial charge in [-0.2, -0.15) is 0 Å². The molecular weight excluding hydrogens is 357 g/mol. The number of halogens is 1. The summed E-state index contributed by atoms with van der Waals surface area (Å²) in [4.78, 5) is 14.6. The zero-order valence-electron chi connectivity index (χ0n) is 14.4. The van der Waals surface area contributed by atoms with Gasteiger partial charge in [0.25, 0.3) is 5.91 Å². The molecule has 0 spiro atoms. The van der Waals surface area contributed by atoms with Gasteiger partial charge in [-0.3, -0.25) is 4.79 Å². The summed E-state index contributed by atoms with van der Waals surface area (Å²) in [5, 5.41) is 0. The summed E-state index contributed by atoms with van der Waals surface area (Å²) in [6, 6.07) is 12.2. The minimum absolute atomic E-state index is 0.0627. The first-order chi connectivity index (χ1) is 12.4. The normalized spacial score (nSPS) is 18.5. The van der Waals surface area contributed by atoms with E-state index in [1.54, 1.807) is 36.4 Å². The number of methoxy groups -OCH3 is 1. The lowest BCUT2D eigenvalue weighted by atomic mass is 10.1. The average Bonchev–Trinajstić information content (AvgIpc) is 2.99. The molecule has 2 aromatic rings. The lowest BCUT2D eigenvalue weighted by Crippen LogP contribution is -2.40. The maximum absolute atomic E-state index is 13.5. The number of benzene rings is 2. The van der Waals surface area contributed by atoms with Gasteiger partial charge in [0.05, 0.1) is 18.6 Å². The molecule has 7 heteroatoms. The van der Waals surface area contributed by atoms with Crippen LogP contribution in [-0.2, 0) is 16.4 Å². The Balaban J connectivity index is 1.89. The average molecular weight is 377 g/mol. The Bertz CT molecular complexity index is 896. The standard InChI is InChI=1S/C19H20FNO4S/c1-25-18-7-5-15(6-8-18)19(22)21(17-9-10-26(23,24)13-17)12-14-3-2-4-16(20)11-14/h2-8,11,17H,9-10,12-13H2,1H3/t17-/m1/s1. The molecule has 0 unspecified atom stereocenters. The molecule has 1 atom stereocenters. The number of sulfone groups is 1. The molecule has 26 heavy (non-hydrogen) atoms. The van der Waals surface area contributed by atoms with Crippen molar-refractivity contribution in [1.82, 2.24) is 4.90 Å². The van der Waals surface area contributed by atoms with Gasteiger partial charge in [0.15, 0.2) is 9.84 Å². The molecule has 0 radical (unpaired) electrons. The number of hydrogen-bond acceptors (Lipinski definition) is 4. The Morgan fingerprint density at radius 2 is 1.96 bits per heavy atom. The zero-order valence-corrected chi connectivity index (χ0v) is 15.2. The molecule has 1 amide bonds. The van der Waals surface area contributed by atoms with E-state index >= 15 is 0 Å². The van der Waals surface area contributed by atoms with Crippen LogP contribution in [0.1, 0.15) is 22.3 Å². The van der Waals surface area contributed by atoms with Crippen molar-refractivity contribution in [2.45, 2.75) is 19.0 Å².